The highest BCUT2D eigenvalue weighted by Crippen LogP contribution is 2.03. The van der Waals surface area contributed by atoms with E-state index in [1.807, 2.05) is 0 Å². The first kappa shape index (κ1) is 34.4. The summed E-state index contributed by atoms with van der Waals surface area (Å²) >= 11 is 0. The predicted octanol–water partition coefficient (Wildman–Crippen LogP) is 1.48. The molecular weight excluding hydrogens is 492 g/mol. The summed E-state index contributed by atoms with van der Waals surface area (Å²) < 4.78 is 28.6. The van der Waals surface area contributed by atoms with Gasteiger partial charge in [-0.25, -0.2) is 28.8 Å². The van der Waals surface area contributed by atoms with Gasteiger partial charge in [-0.1, -0.05) is 39.5 Å². The van der Waals surface area contributed by atoms with Crippen LogP contribution in [0.25, 0.3) is 0 Å². The number of ether oxygens (including phenoxy) is 6. The van der Waals surface area contributed by atoms with E-state index in [0.717, 1.165) is 36.5 Å². The van der Waals surface area contributed by atoms with Crippen LogP contribution in [0, 0.1) is 0 Å². The van der Waals surface area contributed by atoms with E-state index in [-0.39, 0.29) is 32.8 Å². The number of hydrogen-bond donors (Lipinski definition) is 0. The van der Waals surface area contributed by atoms with Crippen LogP contribution in [0.15, 0.2) is 75.9 Å². The zero-order valence-corrected chi connectivity index (χ0v) is 20.3. The molecule has 0 aliphatic carbocycles. The molecule has 0 aliphatic heterocycles. The second-order valence-corrected chi connectivity index (χ2v) is 6.19. The van der Waals surface area contributed by atoms with E-state index in [0.29, 0.717) is 0 Å². The molecule has 0 amide bonds. The molecule has 0 saturated carbocycles. The predicted molar refractivity (Wildman–Crippen MR) is 129 cm³/mol. The molecular formula is C25H30O12. The number of hydrogen-bond acceptors (Lipinski definition) is 12. The topological polar surface area (TPSA) is 158 Å². The van der Waals surface area contributed by atoms with Gasteiger partial charge >= 0.3 is 35.8 Å². The molecule has 0 bridgehead atoms. The zero-order valence-electron chi connectivity index (χ0n) is 20.3. The van der Waals surface area contributed by atoms with Gasteiger partial charge in [0.25, 0.3) is 0 Å². The monoisotopic (exact) mass is 522 g/mol. The average Bonchev–Trinajstić information content (AvgIpc) is 2.91. The van der Waals surface area contributed by atoms with Gasteiger partial charge in [0, 0.05) is 42.9 Å². The Morgan fingerprint density at radius 2 is 0.757 bits per heavy atom. The minimum atomic E-state index is -0.914. The fourth-order valence-corrected chi connectivity index (χ4v) is 1.77. The van der Waals surface area contributed by atoms with Crippen molar-refractivity contribution in [1.82, 2.24) is 0 Å². The van der Waals surface area contributed by atoms with Crippen molar-refractivity contribution in [3.63, 3.8) is 0 Å². The van der Waals surface area contributed by atoms with Crippen molar-refractivity contribution in [2.75, 3.05) is 26.4 Å². The molecule has 0 saturated heterocycles. The molecule has 0 spiro atoms. The Bertz CT molecular complexity index is 847. The lowest BCUT2D eigenvalue weighted by molar-refractivity contribution is -0.160. The van der Waals surface area contributed by atoms with Crippen molar-refractivity contribution in [2.24, 2.45) is 0 Å². The molecule has 0 fully saturated rings. The van der Waals surface area contributed by atoms with Gasteiger partial charge in [-0.2, -0.15) is 0 Å². The second-order valence-electron chi connectivity index (χ2n) is 6.19. The fourth-order valence-electron chi connectivity index (χ4n) is 1.77. The minimum absolute atomic E-state index is 0.00554. The highest BCUT2D eigenvalue weighted by Gasteiger charge is 2.17. The van der Waals surface area contributed by atoms with Crippen LogP contribution in [0.4, 0.5) is 0 Å². The lowest BCUT2D eigenvalue weighted by Gasteiger charge is -2.16. The van der Waals surface area contributed by atoms with Gasteiger partial charge in [0.1, 0.15) is 25.9 Å². The van der Waals surface area contributed by atoms with Crippen LogP contribution in [-0.4, -0.2) is 74.5 Å². The summed E-state index contributed by atoms with van der Waals surface area (Å²) in [6, 6.07) is 0. The third kappa shape index (κ3) is 20.4. The molecule has 1 unspecified atom stereocenters. The van der Waals surface area contributed by atoms with Gasteiger partial charge in [-0.05, 0) is 0 Å². The third-order valence-electron chi connectivity index (χ3n) is 3.48. The summed E-state index contributed by atoms with van der Waals surface area (Å²) in [5.74, 6) is -3.95. The van der Waals surface area contributed by atoms with E-state index in [1.54, 1.807) is 0 Å². The third-order valence-corrected chi connectivity index (χ3v) is 3.48. The number of esters is 6. The maximum Gasteiger partial charge on any atom is 0.330 e. The lowest BCUT2D eigenvalue weighted by atomic mass is 10.3. The average molecular weight is 523 g/mol. The first-order chi connectivity index (χ1) is 17.6. The Labute approximate surface area is 214 Å². The normalized spacial score (nSPS) is 9.97. The van der Waals surface area contributed by atoms with E-state index in [9.17, 15) is 28.8 Å². The molecule has 12 nitrogen and oxygen atoms in total. The summed E-state index contributed by atoms with van der Waals surface area (Å²) in [4.78, 5) is 65.5. The van der Waals surface area contributed by atoms with Gasteiger partial charge in [-0.3, -0.25) is 0 Å². The van der Waals surface area contributed by atoms with Crippen molar-refractivity contribution in [3.8, 4) is 0 Å². The molecule has 1 atom stereocenters. The number of carbonyl (C=O) groups is 6. The van der Waals surface area contributed by atoms with Crippen LogP contribution in [0.2, 0.25) is 0 Å². The Morgan fingerprint density at radius 3 is 1.11 bits per heavy atom. The smallest absolute Gasteiger partial charge is 0.330 e. The molecule has 0 N–H and O–H groups in total. The van der Waals surface area contributed by atoms with Gasteiger partial charge in [0.05, 0.1) is 6.61 Å². The molecule has 0 aromatic rings. The van der Waals surface area contributed by atoms with E-state index in [1.165, 1.54) is 0 Å². The summed E-state index contributed by atoms with van der Waals surface area (Å²) in [6.45, 7) is 18.7. The highest BCUT2D eigenvalue weighted by atomic mass is 16.6. The highest BCUT2D eigenvalue weighted by molar-refractivity contribution is 5.83. The molecule has 0 rings (SSSR count). The second kappa shape index (κ2) is 21.8. The molecule has 202 valence electrons. The molecule has 0 aromatic heterocycles. The Balaban J connectivity index is 0. The fraction of sp³-hybridized carbons (Fsp3) is 0.280. The molecule has 37 heavy (non-hydrogen) atoms. The summed E-state index contributed by atoms with van der Waals surface area (Å²) in [7, 11) is 0. The van der Waals surface area contributed by atoms with Gasteiger partial charge in [-0.15, -0.1) is 0 Å². The molecule has 0 heterocycles. The zero-order chi connectivity index (χ0) is 28.6. The van der Waals surface area contributed by atoms with Crippen molar-refractivity contribution >= 4 is 35.8 Å². The van der Waals surface area contributed by atoms with E-state index < -0.39 is 48.0 Å². The molecule has 0 radical (unpaired) electrons. The van der Waals surface area contributed by atoms with Gasteiger partial charge in [0.15, 0.2) is 6.10 Å². The SMILES string of the molecule is C=CC(=O)OCC(COC(=O)C=C)OC(=O)C=C.C=CC(=O)OCCC(COC(=O)C=C)OC(=O)C=C. The maximum atomic E-state index is 11.1. The molecule has 0 aliphatic rings. The summed E-state index contributed by atoms with van der Waals surface area (Å²) in [5, 5.41) is 0. The van der Waals surface area contributed by atoms with Crippen LogP contribution >= 0.6 is 0 Å². The minimum Gasteiger partial charge on any atom is -0.462 e. The van der Waals surface area contributed by atoms with Crippen molar-refractivity contribution in [3.05, 3.63) is 75.9 Å². The summed E-state index contributed by atoms with van der Waals surface area (Å²) in [6.07, 6.45) is 4.39. The maximum absolute atomic E-state index is 11.1. The molecule has 12 heteroatoms. The van der Waals surface area contributed by atoms with Crippen molar-refractivity contribution < 1.29 is 57.2 Å². The van der Waals surface area contributed by atoms with Gasteiger partial charge < -0.3 is 28.4 Å². The van der Waals surface area contributed by atoms with Gasteiger partial charge in [0.2, 0.25) is 0 Å². The van der Waals surface area contributed by atoms with Crippen molar-refractivity contribution in [2.45, 2.75) is 18.6 Å². The van der Waals surface area contributed by atoms with Crippen LogP contribution in [0.3, 0.4) is 0 Å². The van der Waals surface area contributed by atoms with Crippen LogP contribution < -0.4 is 0 Å². The van der Waals surface area contributed by atoms with E-state index >= 15 is 0 Å². The summed E-state index contributed by atoms with van der Waals surface area (Å²) in [5.41, 5.74) is 0. The molecule has 0 aromatic carbocycles. The quantitative estimate of drug-likeness (QED) is 0.154. The first-order valence-corrected chi connectivity index (χ1v) is 10.4. The van der Waals surface area contributed by atoms with Crippen LogP contribution in [0.5, 0.6) is 0 Å². The van der Waals surface area contributed by atoms with Crippen LogP contribution in [-0.2, 0) is 57.2 Å². The standard InChI is InChI=1S/C13H16O6.C12H14O6/c1-4-11(14)17-8-7-10(19-13(16)6-3)9-18-12(15)5-2;1-4-10(13)16-7-9(18-12(15)6-3)8-17-11(14)5-2/h4-6,10H,1-3,7-9H2;4-6,9H,1-3,7-8H2. The number of rotatable bonds is 17. The van der Waals surface area contributed by atoms with E-state index in [4.69, 9.17) is 18.9 Å². The van der Waals surface area contributed by atoms with Crippen LogP contribution in [0.1, 0.15) is 6.42 Å². The largest absolute Gasteiger partial charge is 0.462 e. The first-order valence-electron chi connectivity index (χ1n) is 10.4. The Hall–Kier alpha value is -4.74. The number of carbonyl (C=O) groups excluding carboxylic acids is 6. The Kier molecular flexibility index (Phi) is 20.3. The van der Waals surface area contributed by atoms with E-state index in [2.05, 4.69) is 48.9 Å². The lowest BCUT2D eigenvalue weighted by Crippen LogP contribution is -2.29. The Morgan fingerprint density at radius 1 is 0.459 bits per heavy atom. The van der Waals surface area contributed by atoms with Crippen molar-refractivity contribution in [1.29, 1.82) is 0 Å².